The zero-order chi connectivity index (χ0) is 16.9. The standard InChI is InChI=1S/C16H18FN3O3.H2/c1-8(2)9-6-12-13(7-10(9)17)20(16(23)19(12)3)11-4-5-14(21)18-15(11)22;/h6-8,11H,4-5H2,1-3H3,(H,18,21,22);1H. The molecule has 1 aromatic heterocycles. The van der Waals surface area contributed by atoms with Crippen LogP contribution in [0.4, 0.5) is 4.39 Å². The normalized spacial score (nSPS) is 18.7. The lowest BCUT2D eigenvalue weighted by molar-refractivity contribution is -0.135. The number of carbonyl (C=O) groups excluding carboxylic acids is 2. The second-order valence-corrected chi connectivity index (χ2v) is 6.20. The minimum absolute atomic E-state index is 0. The highest BCUT2D eigenvalue weighted by molar-refractivity contribution is 6.00. The summed E-state index contributed by atoms with van der Waals surface area (Å²) in [5.74, 6) is -1.30. The van der Waals surface area contributed by atoms with Crippen molar-refractivity contribution in [1.82, 2.24) is 14.5 Å². The third-order valence-corrected chi connectivity index (χ3v) is 4.35. The number of nitrogens with one attached hydrogen (secondary N) is 1. The van der Waals surface area contributed by atoms with Crippen LogP contribution in [-0.2, 0) is 16.6 Å². The summed E-state index contributed by atoms with van der Waals surface area (Å²) >= 11 is 0. The van der Waals surface area contributed by atoms with E-state index in [2.05, 4.69) is 5.32 Å². The maximum Gasteiger partial charge on any atom is 0.329 e. The smallest absolute Gasteiger partial charge is 0.295 e. The van der Waals surface area contributed by atoms with E-state index in [1.165, 1.54) is 15.2 Å². The first-order chi connectivity index (χ1) is 10.8. The number of nitrogens with zero attached hydrogens (tertiary/aromatic N) is 2. The van der Waals surface area contributed by atoms with Gasteiger partial charge in [-0.2, -0.15) is 0 Å². The Hall–Kier alpha value is -2.44. The van der Waals surface area contributed by atoms with Crippen LogP contribution in [0.2, 0.25) is 0 Å². The van der Waals surface area contributed by atoms with Crippen molar-refractivity contribution in [3.05, 3.63) is 34.0 Å². The molecule has 0 spiro atoms. The first-order valence-electron chi connectivity index (χ1n) is 7.55. The number of imide groups is 1. The highest BCUT2D eigenvalue weighted by Gasteiger charge is 2.31. The lowest BCUT2D eigenvalue weighted by Gasteiger charge is -2.22. The lowest BCUT2D eigenvalue weighted by Crippen LogP contribution is -2.44. The van der Waals surface area contributed by atoms with E-state index in [1.54, 1.807) is 13.1 Å². The lowest BCUT2D eigenvalue weighted by atomic mass is 10.0. The van der Waals surface area contributed by atoms with Gasteiger partial charge in [-0.15, -0.1) is 0 Å². The maximum absolute atomic E-state index is 14.3. The van der Waals surface area contributed by atoms with Gasteiger partial charge in [-0.05, 0) is 24.0 Å². The number of fused-ring (bicyclic) bond motifs is 1. The second-order valence-electron chi connectivity index (χ2n) is 6.20. The van der Waals surface area contributed by atoms with Crippen molar-refractivity contribution in [2.75, 3.05) is 0 Å². The average Bonchev–Trinajstić information content (AvgIpc) is 2.70. The summed E-state index contributed by atoms with van der Waals surface area (Å²) < 4.78 is 17.0. The molecule has 23 heavy (non-hydrogen) atoms. The molecule has 2 amide bonds. The molecule has 6 nitrogen and oxygen atoms in total. The Morgan fingerprint density at radius 2 is 1.96 bits per heavy atom. The Balaban J connectivity index is 0.00000208. The SMILES string of the molecule is CC(C)c1cc2c(cc1F)n(C1CCC(=O)NC1=O)c(=O)n2C.[HH]. The predicted molar refractivity (Wildman–Crippen MR) is 84.8 cm³/mol. The number of aromatic nitrogens is 2. The molecule has 1 saturated heterocycles. The van der Waals surface area contributed by atoms with Gasteiger partial charge in [0.05, 0.1) is 11.0 Å². The van der Waals surface area contributed by atoms with Crippen LogP contribution in [0.25, 0.3) is 11.0 Å². The van der Waals surface area contributed by atoms with E-state index < -0.39 is 23.5 Å². The van der Waals surface area contributed by atoms with Crippen LogP contribution in [0.5, 0.6) is 0 Å². The summed E-state index contributed by atoms with van der Waals surface area (Å²) in [4.78, 5) is 35.9. The monoisotopic (exact) mass is 321 g/mol. The molecule has 0 saturated carbocycles. The molecular formula is C16H20FN3O3. The summed E-state index contributed by atoms with van der Waals surface area (Å²) in [5.41, 5.74) is 1.07. The zero-order valence-corrected chi connectivity index (χ0v) is 13.2. The van der Waals surface area contributed by atoms with Crippen molar-refractivity contribution in [2.45, 2.75) is 38.6 Å². The zero-order valence-electron chi connectivity index (χ0n) is 13.2. The fourth-order valence-corrected chi connectivity index (χ4v) is 3.07. The van der Waals surface area contributed by atoms with Crippen molar-refractivity contribution in [3.63, 3.8) is 0 Å². The molecule has 3 rings (SSSR count). The number of hydrogen-bond acceptors (Lipinski definition) is 3. The van der Waals surface area contributed by atoms with Crippen molar-refractivity contribution in [2.24, 2.45) is 7.05 Å². The fourth-order valence-electron chi connectivity index (χ4n) is 3.07. The summed E-state index contributed by atoms with van der Waals surface area (Å²) in [6.07, 6.45) is 0.392. The molecule has 1 fully saturated rings. The van der Waals surface area contributed by atoms with E-state index in [9.17, 15) is 18.8 Å². The van der Waals surface area contributed by atoms with Crippen molar-refractivity contribution in [1.29, 1.82) is 0 Å². The van der Waals surface area contributed by atoms with Gasteiger partial charge in [-0.3, -0.25) is 24.0 Å². The number of imidazole rings is 1. The molecule has 7 heteroatoms. The van der Waals surface area contributed by atoms with Gasteiger partial charge in [-0.25, -0.2) is 9.18 Å². The first kappa shape index (κ1) is 15.5. The van der Waals surface area contributed by atoms with E-state index in [-0.39, 0.29) is 26.1 Å². The number of benzene rings is 1. The number of rotatable bonds is 2. The Kier molecular flexibility index (Phi) is 3.58. The molecule has 124 valence electrons. The predicted octanol–water partition coefficient (Wildman–Crippen LogP) is 1.83. The van der Waals surface area contributed by atoms with Crippen LogP contribution in [0, 0.1) is 5.82 Å². The highest BCUT2D eigenvalue weighted by atomic mass is 19.1. The molecule has 1 aromatic carbocycles. The minimum atomic E-state index is -0.798. The molecule has 0 aliphatic carbocycles. The second kappa shape index (κ2) is 5.33. The van der Waals surface area contributed by atoms with Crippen LogP contribution in [0.1, 0.15) is 45.6 Å². The van der Waals surface area contributed by atoms with E-state index >= 15 is 0 Å². The van der Waals surface area contributed by atoms with Gasteiger partial charge in [0.1, 0.15) is 11.9 Å². The average molecular weight is 321 g/mol. The van der Waals surface area contributed by atoms with Crippen molar-refractivity contribution >= 4 is 22.8 Å². The third kappa shape index (κ3) is 2.36. The van der Waals surface area contributed by atoms with E-state index in [0.717, 1.165) is 0 Å². The number of hydrogen-bond donors (Lipinski definition) is 1. The Bertz CT molecular complexity index is 885. The van der Waals surface area contributed by atoms with Crippen molar-refractivity contribution in [3.8, 4) is 0 Å². The number of halogens is 1. The topological polar surface area (TPSA) is 73.1 Å². The molecule has 1 N–H and O–H groups in total. The summed E-state index contributed by atoms with van der Waals surface area (Å²) in [5, 5.41) is 2.23. The fraction of sp³-hybridized carbons (Fsp3) is 0.438. The first-order valence-corrected chi connectivity index (χ1v) is 7.55. The summed E-state index contributed by atoms with van der Waals surface area (Å²) in [6, 6.07) is 2.16. The molecule has 1 aliphatic rings. The van der Waals surface area contributed by atoms with Gasteiger partial charge in [-0.1, -0.05) is 13.8 Å². The number of amides is 2. The molecule has 1 atom stereocenters. The summed E-state index contributed by atoms with van der Waals surface area (Å²) in [7, 11) is 1.59. The molecular weight excluding hydrogens is 301 g/mol. The van der Waals surface area contributed by atoms with Gasteiger partial charge in [0.2, 0.25) is 11.8 Å². The molecule has 2 aromatic rings. The Morgan fingerprint density at radius 1 is 1.26 bits per heavy atom. The van der Waals surface area contributed by atoms with Gasteiger partial charge in [0, 0.05) is 21.0 Å². The van der Waals surface area contributed by atoms with Gasteiger partial charge >= 0.3 is 5.69 Å². The number of carbonyl (C=O) groups is 2. The molecule has 0 bridgehead atoms. The van der Waals surface area contributed by atoms with Gasteiger partial charge in [0.25, 0.3) is 0 Å². The Morgan fingerprint density at radius 3 is 2.57 bits per heavy atom. The quantitative estimate of drug-likeness (QED) is 0.858. The van der Waals surface area contributed by atoms with Gasteiger partial charge < -0.3 is 0 Å². The molecule has 0 radical (unpaired) electrons. The number of aryl methyl sites for hydroxylation is 1. The summed E-state index contributed by atoms with van der Waals surface area (Å²) in [6.45, 7) is 3.75. The van der Waals surface area contributed by atoms with E-state index in [4.69, 9.17) is 0 Å². The van der Waals surface area contributed by atoms with Crippen LogP contribution >= 0.6 is 0 Å². The van der Waals surface area contributed by atoms with Crippen molar-refractivity contribution < 1.29 is 15.4 Å². The van der Waals surface area contributed by atoms with Gasteiger partial charge in [0.15, 0.2) is 0 Å². The van der Waals surface area contributed by atoms with Crippen LogP contribution in [0.3, 0.4) is 0 Å². The van der Waals surface area contributed by atoms with Crippen LogP contribution in [0.15, 0.2) is 16.9 Å². The largest absolute Gasteiger partial charge is 0.329 e. The molecule has 1 unspecified atom stereocenters. The minimum Gasteiger partial charge on any atom is -0.295 e. The van der Waals surface area contributed by atoms with Crippen LogP contribution < -0.4 is 11.0 Å². The number of piperidine rings is 1. The van der Waals surface area contributed by atoms with E-state index in [1.807, 2.05) is 13.8 Å². The maximum atomic E-state index is 14.3. The highest BCUT2D eigenvalue weighted by Crippen LogP contribution is 2.27. The van der Waals surface area contributed by atoms with E-state index in [0.29, 0.717) is 16.6 Å². The Labute approximate surface area is 133 Å². The molecule has 1 aliphatic heterocycles. The van der Waals surface area contributed by atoms with Crippen LogP contribution in [-0.4, -0.2) is 20.9 Å². The molecule has 2 heterocycles. The third-order valence-electron chi connectivity index (χ3n) is 4.35.